The molecule has 21 heavy (non-hydrogen) atoms. The minimum absolute atomic E-state index is 0.419. The fourth-order valence-corrected chi connectivity index (χ4v) is 3.66. The van der Waals surface area contributed by atoms with Crippen LogP contribution in [0.1, 0.15) is 27.6 Å². The Bertz CT molecular complexity index is 653. The number of aryl methyl sites for hydroxylation is 1. The zero-order valence-electron chi connectivity index (χ0n) is 12.0. The van der Waals surface area contributed by atoms with Crippen molar-refractivity contribution in [3.8, 4) is 0 Å². The second-order valence-electron chi connectivity index (χ2n) is 5.44. The van der Waals surface area contributed by atoms with Crippen molar-refractivity contribution >= 4 is 17.3 Å². The lowest BCUT2D eigenvalue weighted by atomic mass is 9.90. The van der Waals surface area contributed by atoms with Crippen LogP contribution in [0.5, 0.6) is 0 Å². The van der Waals surface area contributed by atoms with Gasteiger partial charge in [0.2, 0.25) is 0 Å². The van der Waals surface area contributed by atoms with Crippen LogP contribution in [-0.4, -0.2) is 34.0 Å². The standard InChI is InChI=1S/C16H18N2O2S/c1-11-15(21-10-17-11)6-7-18-8-12-4-2-3-5-13(12)14(9-18)16(19)20/h2-5,10,14H,6-9H2,1H3,(H,19,20). The Labute approximate surface area is 128 Å². The summed E-state index contributed by atoms with van der Waals surface area (Å²) in [7, 11) is 0. The van der Waals surface area contributed by atoms with Crippen LogP contribution in [0.25, 0.3) is 0 Å². The first-order valence-electron chi connectivity index (χ1n) is 7.07. The van der Waals surface area contributed by atoms with E-state index >= 15 is 0 Å². The molecule has 1 aliphatic rings. The quantitative estimate of drug-likeness (QED) is 0.943. The summed E-state index contributed by atoms with van der Waals surface area (Å²) in [5.74, 6) is -1.15. The molecule has 1 atom stereocenters. The molecule has 1 unspecified atom stereocenters. The summed E-state index contributed by atoms with van der Waals surface area (Å²) in [5.41, 5.74) is 5.07. The number of hydrogen-bond donors (Lipinski definition) is 1. The number of carboxylic acids is 1. The predicted molar refractivity (Wildman–Crippen MR) is 82.7 cm³/mol. The van der Waals surface area contributed by atoms with E-state index in [4.69, 9.17) is 0 Å². The molecule has 0 saturated heterocycles. The lowest BCUT2D eigenvalue weighted by molar-refractivity contribution is -0.139. The van der Waals surface area contributed by atoms with Gasteiger partial charge >= 0.3 is 5.97 Å². The second-order valence-corrected chi connectivity index (χ2v) is 6.38. The van der Waals surface area contributed by atoms with E-state index in [9.17, 15) is 9.90 Å². The van der Waals surface area contributed by atoms with Crippen molar-refractivity contribution in [2.24, 2.45) is 0 Å². The van der Waals surface area contributed by atoms with Crippen LogP contribution < -0.4 is 0 Å². The molecule has 110 valence electrons. The van der Waals surface area contributed by atoms with Crippen LogP contribution in [0.2, 0.25) is 0 Å². The lowest BCUT2D eigenvalue weighted by Gasteiger charge is -2.32. The fourth-order valence-electron chi connectivity index (χ4n) is 2.89. The van der Waals surface area contributed by atoms with Crippen LogP contribution in [0, 0.1) is 6.92 Å². The summed E-state index contributed by atoms with van der Waals surface area (Å²) in [6, 6.07) is 7.88. The molecule has 1 aromatic heterocycles. The van der Waals surface area contributed by atoms with E-state index in [0.29, 0.717) is 6.54 Å². The van der Waals surface area contributed by atoms with Gasteiger partial charge in [-0.2, -0.15) is 0 Å². The number of thiazole rings is 1. The number of fused-ring (bicyclic) bond motifs is 1. The van der Waals surface area contributed by atoms with Crippen molar-refractivity contribution in [2.45, 2.75) is 25.8 Å². The Kier molecular flexibility index (Phi) is 4.03. The van der Waals surface area contributed by atoms with Crippen molar-refractivity contribution < 1.29 is 9.90 Å². The maximum Gasteiger partial charge on any atom is 0.312 e. The first-order chi connectivity index (χ1) is 10.1. The number of carbonyl (C=O) groups is 1. The third kappa shape index (κ3) is 2.99. The lowest BCUT2D eigenvalue weighted by Crippen LogP contribution is -2.37. The molecule has 1 aromatic carbocycles. The minimum Gasteiger partial charge on any atom is -0.481 e. The predicted octanol–water partition coefficient (Wildman–Crippen LogP) is 2.68. The molecule has 0 spiro atoms. The van der Waals surface area contributed by atoms with E-state index in [0.717, 1.165) is 36.3 Å². The molecule has 0 bridgehead atoms. The minimum atomic E-state index is -0.735. The monoisotopic (exact) mass is 302 g/mol. The van der Waals surface area contributed by atoms with Gasteiger partial charge in [-0.15, -0.1) is 11.3 Å². The number of aliphatic carboxylic acids is 1. The molecule has 2 aromatic rings. The van der Waals surface area contributed by atoms with Gasteiger partial charge in [0, 0.05) is 24.5 Å². The Hall–Kier alpha value is -1.72. The Morgan fingerprint density at radius 1 is 1.48 bits per heavy atom. The summed E-state index contributed by atoms with van der Waals surface area (Å²) in [4.78, 5) is 19.3. The fraction of sp³-hybridized carbons (Fsp3) is 0.375. The van der Waals surface area contributed by atoms with Crippen molar-refractivity contribution in [2.75, 3.05) is 13.1 Å². The number of aromatic nitrogens is 1. The van der Waals surface area contributed by atoms with E-state index in [2.05, 4.69) is 9.88 Å². The summed E-state index contributed by atoms with van der Waals surface area (Å²) in [6.45, 7) is 4.32. The van der Waals surface area contributed by atoms with Gasteiger partial charge in [-0.3, -0.25) is 9.69 Å². The highest BCUT2D eigenvalue weighted by Crippen LogP contribution is 2.28. The maximum absolute atomic E-state index is 11.5. The molecule has 1 aliphatic heterocycles. The van der Waals surface area contributed by atoms with Crippen LogP contribution in [0.3, 0.4) is 0 Å². The van der Waals surface area contributed by atoms with Gasteiger partial charge in [0.1, 0.15) is 0 Å². The van der Waals surface area contributed by atoms with Crippen LogP contribution >= 0.6 is 11.3 Å². The molecule has 0 saturated carbocycles. The third-order valence-corrected chi connectivity index (χ3v) is 5.06. The molecule has 5 heteroatoms. The average Bonchev–Trinajstić information content (AvgIpc) is 2.89. The largest absolute Gasteiger partial charge is 0.481 e. The van der Waals surface area contributed by atoms with Gasteiger partial charge in [0.15, 0.2) is 0 Å². The van der Waals surface area contributed by atoms with E-state index in [-0.39, 0.29) is 0 Å². The van der Waals surface area contributed by atoms with Gasteiger partial charge < -0.3 is 5.11 Å². The molecular weight excluding hydrogens is 284 g/mol. The molecule has 0 amide bonds. The maximum atomic E-state index is 11.5. The molecule has 0 fully saturated rings. The molecular formula is C16H18N2O2S. The molecule has 2 heterocycles. The van der Waals surface area contributed by atoms with Gasteiger partial charge in [-0.25, -0.2) is 4.98 Å². The average molecular weight is 302 g/mol. The van der Waals surface area contributed by atoms with Gasteiger partial charge in [0.25, 0.3) is 0 Å². The summed E-state index contributed by atoms with van der Waals surface area (Å²) < 4.78 is 0. The molecule has 0 aliphatic carbocycles. The molecule has 3 rings (SSSR count). The normalized spacial score (nSPS) is 18.4. The first-order valence-corrected chi connectivity index (χ1v) is 7.95. The Morgan fingerprint density at radius 2 is 2.29 bits per heavy atom. The van der Waals surface area contributed by atoms with Gasteiger partial charge in [-0.05, 0) is 24.5 Å². The molecule has 4 nitrogen and oxygen atoms in total. The van der Waals surface area contributed by atoms with Crippen molar-refractivity contribution in [3.05, 3.63) is 51.5 Å². The Balaban J connectivity index is 1.74. The smallest absolute Gasteiger partial charge is 0.312 e. The topological polar surface area (TPSA) is 53.4 Å². The molecule has 0 radical (unpaired) electrons. The second kappa shape index (κ2) is 5.95. The highest BCUT2D eigenvalue weighted by molar-refractivity contribution is 7.09. The highest BCUT2D eigenvalue weighted by atomic mass is 32.1. The van der Waals surface area contributed by atoms with Crippen LogP contribution in [0.15, 0.2) is 29.8 Å². The molecule has 1 N–H and O–H groups in total. The highest BCUT2D eigenvalue weighted by Gasteiger charge is 2.29. The SMILES string of the molecule is Cc1ncsc1CCN1Cc2ccccc2C(C(=O)O)C1. The number of nitrogens with zero attached hydrogens (tertiary/aromatic N) is 2. The van der Waals surface area contributed by atoms with Crippen molar-refractivity contribution in [3.63, 3.8) is 0 Å². The zero-order valence-corrected chi connectivity index (χ0v) is 12.8. The van der Waals surface area contributed by atoms with E-state index in [1.165, 1.54) is 4.88 Å². The Morgan fingerprint density at radius 3 is 3.00 bits per heavy atom. The van der Waals surface area contributed by atoms with Crippen molar-refractivity contribution in [1.82, 2.24) is 9.88 Å². The van der Waals surface area contributed by atoms with Gasteiger partial charge in [-0.1, -0.05) is 24.3 Å². The number of carboxylic acid groups (broad SMARTS) is 1. The van der Waals surface area contributed by atoms with Gasteiger partial charge in [0.05, 0.1) is 17.1 Å². The first kappa shape index (κ1) is 14.2. The van der Waals surface area contributed by atoms with Crippen LogP contribution in [-0.2, 0) is 17.8 Å². The third-order valence-electron chi connectivity index (χ3n) is 4.06. The van der Waals surface area contributed by atoms with E-state index in [1.807, 2.05) is 36.7 Å². The number of hydrogen-bond acceptors (Lipinski definition) is 4. The van der Waals surface area contributed by atoms with Crippen LogP contribution in [0.4, 0.5) is 0 Å². The zero-order chi connectivity index (χ0) is 14.8. The number of rotatable bonds is 4. The summed E-state index contributed by atoms with van der Waals surface area (Å²) >= 11 is 1.68. The van der Waals surface area contributed by atoms with E-state index in [1.54, 1.807) is 11.3 Å². The van der Waals surface area contributed by atoms with E-state index < -0.39 is 11.9 Å². The summed E-state index contributed by atoms with van der Waals surface area (Å²) in [6.07, 6.45) is 0.936. The summed E-state index contributed by atoms with van der Waals surface area (Å²) in [5, 5.41) is 9.46. The number of benzene rings is 1. The van der Waals surface area contributed by atoms with Crippen molar-refractivity contribution in [1.29, 1.82) is 0 Å².